The van der Waals surface area contributed by atoms with Crippen LogP contribution in [0, 0.1) is 0 Å². The molecule has 3 nitrogen and oxygen atoms in total. The van der Waals surface area contributed by atoms with E-state index >= 15 is 0 Å². The number of hydrogen-bond acceptors (Lipinski definition) is 3. The van der Waals surface area contributed by atoms with Crippen LogP contribution in [0.4, 0.5) is 0 Å². The summed E-state index contributed by atoms with van der Waals surface area (Å²) in [4.78, 5) is 2.69. The van der Waals surface area contributed by atoms with Crippen molar-refractivity contribution in [1.29, 1.82) is 0 Å². The Bertz CT molecular complexity index is 270. The van der Waals surface area contributed by atoms with Crippen molar-refractivity contribution in [2.75, 3.05) is 19.7 Å². The highest BCUT2D eigenvalue weighted by molar-refractivity contribution is 4.96. The Morgan fingerprint density at radius 2 is 2.00 bits per heavy atom. The van der Waals surface area contributed by atoms with Gasteiger partial charge in [-0.2, -0.15) is 0 Å². The Kier molecular flexibility index (Phi) is 8.84. The van der Waals surface area contributed by atoms with E-state index in [0.29, 0.717) is 12.1 Å². The smallest absolute Gasteiger partial charge is 0.0613 e. The summed E-state index contributed by atoms with van der Waals surface area (Å²) in [6, 6.07) is 1.24. The zero-order chi connectivity index (χ0) is 15.7. The summed E-state index contributed by atoms with van der Waals surface area (Å²) in [5.74, 6) is 0. The molecule has 2 atom stereocenters. The molecule has 0 saturated heterocycles. The number of nitrogens with one attached hydrogen (secondary N) is 1. The van der Waals surface area contributed by atoms with Crippen molar-refractivity contribution in [2.24, 2.45) is 0 Å². The van der Waals surface area contributed by atoms with Gasteiger partial charge in [0, 0.05) is 17.6 Å². The molecule has 0 radical (unpaired) electrons. The highest BCUT2D eigenvalue weighted by Gasteiger charge is 2.37. The summed E-state index contributed by atoms with van der Waals surface area (Å²) in [6.45, 7) is 11.6. The van der Waals surface area contributed by atoms with Crippen LogP contribution in [0.1, 0.15) is 79.1 Å². The van der Waals surface area contributed by atoms with Crippen molar-refractivity contribution in [1.82, 2.24) is 10.2 Å². The van der Waals surface area contributed by atoms with Crippen molar-refractivity contribution in [3.8, 4) is 0 Å². The van der Waals surface area contributed by atoms with Gasteiger partial charge in [-0.1, -0.05) is 26.7 Å². The second-order valence-electron chi connectivity index (χ2n) is 7.15. The summed E-state index contributed by atoms with van der Waals surface area (Å²) >= 11 is 0. The molecular weight excluding hydrogens is 260 g/mol. The summed E-state index contributed by atoms with van der Waals surface area (Å²) in [5, 5.41) is 13.6. The van der Waals surface area contributed by atoms with Gasteiger partial charge in [0.15, 0.2) is 0 Å². The lowest BCUT2D eigenvalue weighted by atomic mass is 9.78. The number of nitrogens with zero attached hydrogens (tertiary/aromatic N) is 1. The minimum atomic E-state index is -0.0309. The van der Waals surface area contributed by atoms with Crippen molar-refractivity contribution in [3.05, 3.63) is 0 Å². The molecule has 2 unspecified atom stereocenters. The summed E-state index contributed by atoms with van der Waals surface area (Å²) in [6.07, 6.45) is 9.81. The maximum absolute atomic E-state index is 9.94. The third kappa shape index (κ3) is 5.88. The third-order valence-corrected chi connectivity index (χ3v) is 5.02. The molecule has 1 rings (SSSR count). The van der Waals surface area contributed by atoms with Gasteiger partial charge in [0.1, 0.15) is 0 Å². The van der Waals surface area contributed by atoms with E-state index in [1.54, 1.807) is 0 Å². The van der Waals surface area contributed by atoms with E-state index < -0.39 is 0 Å². The van der Waals surface area contributed by atoms with E-state index in [0.717, 1.165) is 25.8 Å². The zero-order valence-corrected chi connectivity index (χ0v) is 14.8. The highest BCUT2D eigenvalue weighted by Crippen LogP contribution is 2.32. The van der Waals surface area contributed by atoms with Crippen molar-refractivity contribution >= 4 is 0 Å². The minimum Gasteiger partial charge on any atom is -0.394 e. The number of rotatable bonds is 10. The predicted molar refractivity (Wildman–Crippen MR) is 91.7 cm³/mol. The Balaban J connectivity index is 2.65. The average molecular weight is 299 g/mol. The molecule has 0 amide bonds. The van der Waals surface area contributed by atoms with Crippen LogP contribution in [0.25, 0.3) is 0 Å². The maximum Gasteiger partial charge on any atom is 0.0613 e. The lowest BCUT2D eigenvalue weighted by Crippen LogP contribution is -2.57. The first-order valence-corrected chi connectivity index (χ1v) is 9.20. The van der Waals surface area contributed by atoms with Gasteiger partial charge < -0.3 is 10.4 Å². The Hall–Kier alpha value is -0.120. The van der Waals surface area contributed by atoms with E-state index in [-0.39, 0.29) is 12.1 Å². The van der Waals surface area contributed by atoms with Crippen LogP contribution in [-0.4, -0.2) is 47.3 Å². The van der Waals surface area contributed by atoms with Crippen LogP contribution in [0.2, 0.25) is 0 Å². The number of aliphatic hydroxyl groups is 1. The lowest BCUT2D eigenvalue weighted by Gasteiger charge is -2.46. The lowest BCUT2D eigenvalue weighted by molar-refractivity contribution is 0.0444. The van der Waals surface area contributed by atoms with Crippen molar-refractivity contribution in [2.45, 2.75) is 96.7 Å². The molecule has 1 fully saturated rings. The number of hydrogen-bond donors (Lipinski definition) is 2. The standard InChI is InChI=1S/C18H38N2O/c1-5-7-8-13-20(16(3)4)17-10-9-11-18(14-17,15-21)19-12-6-2/h16-17,19,21H,5-15H2,1-4H3. The van der Waals surface area contributed by atoms with Gasteiger partial charge in [0.05, 0.1) is 6.61 Å². The molecule has 0 heterocycles. The number of unbranched alkanes of at least 4 members (excludes halogenated alkanes) is 2. The monoisotopic (exact) mass is 298 g/mol. The first-order valence-electron chi connectivity index (χ1n) is 9.20. The first-order chi connectivity index (χ1) is 10.1. The Morgan fingerprint density at radius 3 is 2.57 bits per heavy atom. The largest absolute Gasteiger partial charge is 0.394 e. The first kappa shape index (κ1) is 18.9. The fourth-order valence-corrected chi connectivity index (χ4v) is 3.77. The third-order valence-electron chi connectivity index (χ3n) is 5.02. The van der Waals surface area contributed by atoms with Crippen LogP contribution < -0.4 is 5.32 Å². The molecule has 3 heteroatoms. The van der Waals surface area contributed by atoms with Crippen LogP contribution in [-0.2, 0) is 0 Å². The molecule has 1 aliphatic rings. The molecule has 0 aliphatic heterocycles. The molecule has 0 spiro atoms. The summed E-state index contributed by atoms with van der Waals surface area (Å²) < 4.78 is 0. The van der Waals surface area contributed by atoms with Gasteiger partial charge in [-0.15, -0.1) is 0 Å². The van der Waals surface area contributed by atoms with Crippen LogP contribution in [0.5, 0.6) is 0 Å². The molecule has 1 aliphatic carbocycles. The van der Waals surface area contributed by atoms with E-state index in [4.69, 9.17) is 0 Å². The van der Waals surface area contributed by atoms with Crippen molar-refractivity contribution in [3.63, 3.8) is 0 Å². The molecule has 0 aromatic carbocycles. The molecular formula is C18H38N2O. The van der Waals surface area contributed by atoms with Gasteiger partial charge in [-0.3, -0.25) is 4.90 Å². The molecule has 21 heavy (non-hydrogen) atoms. The van der Waals surface area contributed by atoms with E-state index in [2.05, 4.69) is 37.9 Å². The second kappa shape index (κ2) is 9.81. The fourth-order valence-electron chi connectivity index (χ4n) is 3.77. The summed E-state index contributed by atoms with van der Waals surface area (Å²) in [7, 11) is 0. The van der Waals surface area contributed by atoms with E-state index in [1.807, 2.05) is 0 Å². The molecule has 0 aromatic heterocycles. The minimum absolute atomic E-state index is 0.0309. The number of aliphatic hydroxyl groups excluding tert-OH is 1. The van der Waals surface area contributed by atoms with Crippen LogP contribution in [0.3, 0.4) is 0 Å². The molecule has 0 aromatic rings. The van der Waals surface area contributed by atoms with Gasteiger partial charge in [0.25, 0.3) is 0 Å². The van der Waals surface area contributed by atoms with Crippen molar-refractivity contribution < 1.29 is 5.11 Å². The SMILES string of the molecule is CCCCCN(C(C)C)C1CCCC(CO)(NCCC)C1. The van der Waals surface area contributed by atoms with Crippen LogP contribution in [0.15, 0.2) is 0 Å². The molecule has 126 valence electrons. The van der Waals surface area contributed by atoms with E-state index in [9.17, 15) is 5.11 Å². The van der Waals surface area contributed by atoms with Gasteiger partial charge in [-0.25, -0.2) is 0 Å². The summed E-state index contributed by atoms with van der Waals surface area (Å²) in [5.41, 5.74) is -0.0309. The molecule has 0 bridgehead atoms. The second-order valence-corrected chi connectivity index (χ2v) is 7.15. The van der Waals surface area contributed by atoms with Crippen LogP contribution >= 0.6 is 0 Å². The fraction of sp³-hybridized carbons (Fsp3) is 1.00. The molecule has 2 N–H and O–H groups in total. The maximum atomic E-state index is 9.94. The Morgan fingerprint density at radius 1 is 1.24 bits per heavy atom. The quantitative estimate of drug-likeness (QED) is 0.605. The van der Waals surface area contributed by atoms with Gasteiger partial charge in [-0.05, 0) is 65.5 Å². The van der Waals surface area contributed by atoms with Gasteiger partial charge in [0.2, 0.25) is 0 Å². The van der Waals surface area contributed by atoms with E-state index in [1.165, 1.54) is 38.6 Å². The normalized spacial score (nSPS) is 26.7. The average Bonchev–Trinajstić information content (AvgIpc) is 2.49. The van der Waals surface area contributed by atoms with Gasteiger partial charge >= 0.3 is 0 Å². The predicted octanol–water partition coefficient (Wildman–Crippen LogP) is 3.56. The zero-order valence-electron chi connectivity index (χ0n) is 14.8. The molecule has 1 saturated carbocycles. The highest BCUT2D eigenvalue weighted by atomic mass is 16.3. The topological polar surface area (TPSA) is 35.5 Å². The Labute approximate surface area is 132 Å².